The van der Waals surface area contributed by atoms with Crippen LogP contribution in [0.25, 0.3) is 218 Å². The Hall–Kier alpha value is -15.7. The molecule has 17 aromatic carbocycles. The van der Waals surface area contributed by atoms with E-state index in [9.17, 15) is 0 Å². The first-order chi connectivity index (χ1) is 61.1. The van der Waals surface area contributed by atoms with Crippen LogP contribution in [-0.4, -0.2) is 60.7 Å². The molecule has 0 saturated carbocycles. The number of thiophene rings is 1. The third-order valence-corrected chi connectivity index (χ3v) is 26.2. The van der Waals surface area contributed by atoms with E-state index in [2.05, 4.69) is 359 Å². The molecular formula is C111H71N9OSSe. The summed E-state index contributed by atoms with van der Waals surface area (Å²) in [6.45, 7) is 0. The monoisotopic (exact) mass is 1660 g/mol. The summed E-state index contributed by atoms with van der Waals surface area (Å²) in [6.07, 6.45) is 0. The SMILES string of the molecule is c1ccc(-c2nnnc(-c3ccc4[se]c5ccccc5c4c3-c3ccccc3)c2-c2ccccc2)cc1.c1ccc(-c2nnnc(-c3ccccc3-c3ccccc3-c3cccc4oc5ccccc5c34)c2-c2ccccc2)cc1.c1ccc(-c2nnnc(-c3ccccc3-c3ccccc3-c3cccc4sc5ccccc5c34)c2-c2ccccc2)cc1. The minimum atomic E-state index is 0.273. The number of rotatable bonds is 14. The maximum absolute atomic E-state index is 6.25. The third-order valence-electron chi connectivity index (χ3n) is 22.7. The molecule has 6 aromatic heterocycles. The first kappa shape index (κ1) is 74.8. The molecule has 123 heavy (non-hydrogen) atoms. The Morgan fingerprint density at radius 3 is 0.951 bits per heavy atom. The topological polar surface area (TPSA) is 129 Å². The molecule has 578 valence electrons. The van der Waals surface area contributed by atoms with Crippen LogP contribution in [0.5, 0.6) is 0 Å². The molecule has 23 rings (SSSR count). The second-order valence-corrected chi connectivity index (χ2v) is 33.2. The summed E-state index contributed by atoms with van der Waals surface area (Å²) in [4.78, 5) is 0. The molecule has 0 aliphatic carbocycles. The molecule has 0 unspecified atom stereocenters. The van der Waals surface area contributed by atoms with Crippen LogP contribution in [0.3, 0.4) is 0 Å². The van der Waals surface area contributed by atoms with Crippen molar-refractivity contribution in [3.63, 3.8) is 0 Å². The summed E-state index contributed by atoms with van der Waals surface area (Å²) in [5.41, 5.74) is 30.3. The first-order valence-corrected chi connectivity index (χ1v) is 43.4. The Bertz CT molecular complexity index is 7480. The standard InChI is InChI=1S/C39H25N3O.C39H25N3S.C33H21N3Se/c2*1-3-14-26(15-4-1)36-38(27-16-5-2-6-17-27)40-42-41-39(36)32-21-10-9-20-30(32)28-18-7-8-19-29(28)31-23-13-25-35-37(31)33-22-11-12-24-34(33)43-35;1-4-12-22(13-5-1)29-26(20-21-28-31(29)25-18-10-11-19-27(25)37-28)33-30(23-14-6-2-7-15-23)32(34-36-35-33)24-16-8-3-9-17-24/h2*1-25H;1-21H. The van der Waals surface area contributed by atoms with Crippen molar-refractivity contribution in [3.05, 3.63) is 431 Å². The van der Waals surface area contributed by atoms with Gasteiger partial charge in [-0.05, 0) is 90.3 Å². The van der Waals surface area contributed by atoms with Gasteiger partial charge in [0.05, 0.1) is 0 Å². The van der Waals surface area contributed by atoms with Gasteiger partial charge in [-0.2, -0.15) is 0 Å². The van der Waals surface area contributed by atoms with Gasteiger partial charge in [0.15, 0.2) is 0 Å². The largest absolute Gasteiger partial charge is 0.456 e. The summed E-state index contributed by atoms with van der Waals surface area (Å²) < 4.78 is 11.7. The van der Waals surface area contributed by atoms with E-state index in [1.54, 1.807) is 0 Å². The number of hydrogen-bond donors (Lipinski definition) is 0. The Labute approximate surface area is 719 Å². The fraction of sp³-hybridized carbons (Fsp3) is 0. The molecule has 0 aliphatic heterocycles. The van der Waals surface area contributed by atoms with E-state index in [0.29, 0.717) is 0 Å². The quantitative estimate of drug-likeness (QED) is 0.0970. The van der Waals surface area contributed by atoms with Crippen molar-refractivity contribution >= 4 is 87.2 Å². The summed E-state index contributed by atoms with van der Waals surface area (Å²) in [5, 5.41) is 48.2. The van der Waals surface area contributed by atoms with Gasteiger partial charge in [-0.15, -0.1) is 31.7 Å². The van der Waals surface area contributed by atoms with Crippen LogP contribution in [-0.2, 0) is 0 Å². The van der Waals surface area contributed by atoms with Crippen molar-refractivity contribution in [2.75, 3.05) is 0 Å². The van der Waals surface area contributed by atoms with Crippen molar-refractivity contribution in [3.8, 4) is 157 Å². The molecule has 0 atom stereocenters. The van der Waals surface area contributed by atoms with Crippen molar-refractivity contribution in [1.82, 2.24) is 46.2 Å². The Morgan fingerprint density at radius 2 is 0.488 bits per heavy atom. The van der Waals surface area contributed by atoms with E-state index in [-0.39, 0.29) is 14.5 Å². The number of furan rings is 1. The van der Waals surface area contributed by atoms with Gasteiger partial charge in [-0.3, -0.25) is 0 Å². The van der Waals surface area contributed by atoms with Crippen LogP contribution < -0.4 is 0 Å². The van der Waals surface area contributed by atoms with Gasteiger partial charge < -0.3 is 4.42 Å². The maximum atomic E-state index is 6.25. The molecule has 0 amide bonds. The van der Waals surface area contributed by atoms with Crippen LogP contribution in [0.2, 0.25) is 0 Å². The average Bonchev–Trinajstić information content (AvgIpc) is 1.65. The first-order valence-electron chi connectivity index (χ1n) is 40.8. The van der Waals surface area contributed by atoms with Gasteiger partial charge in [0.25, 0.3) is 0 Å². The van der Waals surface area contributed by atoms with E-state index < -0.39 is 0 Å². The van der Waals surface area contributed by atoms with Gasteiger partial charge in [0.1, 0.15) is 33.9 Å². The van der Waals surface area contributed by atoms with Crippen molar-refractivity contribution < 1.29 is 4.42 Å². The second kappa shape index (κ2) is 33.6. The zero-order valence-electron chi connectivity index (χ0n) is 66.2. The number of aromatic nitrogens is 9. The van der Waals surface area contributed by atoms with E-state index in [1.807, 2.05) is 114 Å². The van der Waals surface area contributed by atoms with E-state index >= 15 is 0 Å². The molecule has 0 N–H and O–H groups in total. The Balaban J connectivity index is 0.000000114. The van der Waals surface area contributed by atoms with Gasteiger partial charge in [-0.25, -0.2) is 0 Å². The number of hydrogen-bond acceptors (Lipinski definition) is 11. The van der Waals surface area contributed by atoms with Gasteiger partial charge in [0.2, 0.25) is 0 Å². The minimum absolute atomic E-state index is 0.273. The van der Waals surface area contributed by atoms with Crippen LogP contribution in [0.1, 0.15) is 0 Å². The summed E-state index contributed by atoms with van der Waals surface area (Å²) in [6, 6.07) is 150. The van der Waals surface area contributed by atoms with Gasteiger partial charge >= 0.3 is 221 Å². The molecule has 0 bridgehead atoms. The average molecular weight is 1660 g/mol. The molecule has 0 spiro atoms. The zero-order chi connectivity index (χ0) is 81.8. The number of fused-ring (bicyclic) bond motifs is 9. The summed E-state index contributed by atoms with van der Waals surface area (Å²) >= 11 is 2.12. The van der Waals surface area contributed by atoms with Crippen LogP contribution >= 0.6 is 11.3 Å². The second-order valence-electron chi connectivity index (χ2n) is 29.8. The Morgan fingerprint density at radius 1 is 0.179 bits per heavy atom. The van der Waals surface area contributed by atoms with Crippen molar-refractivity contribution in [2.45, 2.75) is 0 Å². The zero-order valence-corrected chi connectivity index (χ0v) is 68.8. The molecule has 10 nitrogen and oxygen atoms in total. The predicted molar refractivity (Wildman–Crippen MR) is 508 cm³/mol. The number of nitrogens with zero attached hydrogens (tertiary/aromatic N) is 9. The van der Waals surface area contributed by atoms with Crippen molar-refractivity contribution in [1.29, 1.82) is 0 Å². The molecule has 6 heterocycles. The Kier molecular flexibility index (Phi) is 20.4. The number of para-hydroxylation sites is 1. The smallest absolute Gasteiger partial charge is 0.136 e. The van der Waals surface area contributed by atoms with Crippen LogP contribution in [0.15, 0.2) is 435 Å². The normalized spacial score (nSPS) is 11.3. The molecule has 0 radical (unpaired) electrons. The van der Waals surface area contributed by atoms with Crippen LogP contribution in [0.4, 0.5) is 0 Å². The molecular weight excluding hydrogens is 1590 g/mol. The number of benzene rings is 17. The van der Waals surface area contributed by atoms with Gasteiger partial charge in [0, 0.05) is 64.3 Å². The molecule has 23 aromatic rings. The summed E-state index contributed by atoms with van der Waals surface area (Å²) in [5.74, 6) is 0. The maximum Gasteiger partial charge on any atom is 0.136 e. The fourth-order valence-corrected chi connectivity index (χ4v) is 20.7. The molecule has 0 saturated heterocycles. The van der Waals surface area contributed by atoms with E-state index in [1.165, 1.54) is 61.7 Å². The third kappa shape index (κ3) is 14.3. The summed E-state index contributed by atoms with van der Waals surface area (Å²) in [7, 11) is 0. The van der Waals surface area contributed by atoms with Crippen LogP contribution in [0, 0.1) is 0 Å². The molecule has 0 fully saturated rings. The fourth-order valence-electron chi connectivity index (χ4n) is 17.2. The molecule has 12 heteroatoms. The van der Waals surface area contributed by atoms with Gasteiger partial charge in [-0.1, -0.05) is 279 Å². The molecule has 0 aliphatic rings. The minimum Gasteiger partial charge on any atom is -0.456 e. The predicted octanol–water partition coefficient (Wildman–Crippen LogP) is 28.6. The van der Waals surface area contributed by atoms with E-state index in [0.717, 1.165) is 156 Å². The van der Waals surface area contributed by atoms with E-state index in [4.69, 9.17) is 19.7 Å². The van der Waals surface area contributed by atoms with Crippen molar-refractivity contribution in [2.24, 2.45) is 0 Å².